The Morgan fingerprint density at radius 1 is 0.240 bits per heavy atom. The Morgan fingerprint density at radius 3 is 1.26 bits per heavy atom. The van der Waals surface area contributed by atoms with Gasteiger partial charge in [0.05, 0.1) is 22.8 Å². The maximum Gasteiger partial charge on any atom is 0.0900 e. The smallest absolute Gasteiger partial charge is 0.0900 e. The zero-order valence-electron chi connectivity index (χ0n) is 27.4. The summed E-state index contributed by atoms with van der Waals surface area (Å²) in [7, 11) is 0. The van der Waals surface area contributed by atoms with Gasteiger partial charge >= 0.3 is 0 Å². The number of benzene rings is 7. The molecule has 0 saturated carbocycles. The molecule has 0 atom stereocenters. The topological polar surface area (TPSA) is 25.8 Å². The van der Waals surface area contributed by atoms with Gasteiger partial charge in [0.1, 0.15) is 0 Å². The van der Waals surface area contributed by atoms with E-state index in [1.54, 1.807) is 0 Å². The van der Waals surface area contributed by atoms with Crippen LogP contribution in [0, 0.1) is 0 Å². The molecule has 0 N–H and O–H groups in total. The lowest BCUT2D eigenvalue weighted by Crippen LogP contribution is -1.96. The van der Waals surface area contributed by atoms with Crippen molar-refractivity contribution in [2.24, 2.45) is 0 Å². The summed E-state index contributed by atoms with van der Waals surface area (Å²) in [5, 5.41) is 4.83. The highest BCUT2D eigenvalue weighted by atomic mass is 14.8. The maximum absolute atomic E-state index is 5.43. The molecule has 2 heteroatoms. The summed E-state index contributed by atoms with van der Waals surface area (Å²) >= 11 is 0. The van der Waals surface area contributed by atoms with Gasteiger partial charge in [0.15, 0.2) is 0 Å². The van der Waals surface area contributed by atoms with Crippen molar-refractivity contribution in [3.8, 4) is 67.3 Å². The molecule has 2 aromatic heterocycles. The van der Waals surface area contributed by atoms with Crippen molar-refractivity contribution in [1.29, 1.82) is 0 Å². The van der Waals surface area contributed by atoms with Crippen LogP contribution in [0.5, 0.6) is 0 Å². The SMILES string of the molecule is c1ccc(-c2ccc(-c3cc(-c4cc(-c5ccccc5)cc(-c5ccccc5)n4)nc(-c4cc5ccccc5c5ccccc45)c3)cc2)cc1. The highest BCUT2D eigenvalue weighted by Crippen LogP contribution is 2.38. The van der Waals surface area contributed by atoms with Gasteiger partial charge in [-0.25, -0.2) is 9.97 Å². The largest absolute Gasteiger partial charge is 0.246 e. The Labute approximate surface area is 292 Å². The van der Waals surface area contributed by atoms with Crippen LogP contribution in [-0.4, -0.2) is 9.97 Å². The minimum absolute atomic E-state index is 0.830. The minimum atomic E-state index is 0.830. The molecule has 9 rings (SSSR count). The Kier molecular flexibility index (Phi) is 7.53. The number of hydrogen-bond donors (Lipinski definition) is 0. The normalized spacial score (nSPS) is 11.2. The van der Waals surface area contributed by atoms with E-state index in [0.29, 0.717) is 0 Å². The zero-order valence-corrected chi connectivity index (χ0v) is 27.4. The average Bonchev–Trinajstić information content (AvgIpc) is 3.21. The zero-order chi connectivity index (χ0) is 33.3. The van der Waals surface area contributed by atoms with E-state index in [1.807, 2.05) is 6.07 Å². The number of aromatic nitrogens is 2. The highest BCUT2D eigenvalue weighted by molar-refractivity contribution is 6.13. The molecule has 234 valence electrons. The van der Waals surface area contributed by atoms with Crippen LogP contribution in [0.2, 0.25) is 0 Å². The predicted octanol–water partition coefficient (Wildman–Crippen LogP) is 12.8. The summed E-state index contributed by atoms with van der Waals surface area (Å²) in [6.07, 6.45) is 0. The lowest BCUT2D eigenvalue weighted by Gasteiger charge is -2.15. The second-order valence-corrected chi connectivity index (χ2v) is 12.6. The molecule has 50 heavy (non-hydrogen) atoms. The van der Waals surface area contributed by atoms with Crippen LogP contribution in [0.1, 0.15) is 0 Å². The third-order valence-electron chi connectivity index (χ3n) is 9.46. The summed E-state index contributed by atoms with van der Waals surface area (Å²) in [6, 6.07) is 68.6. The average molecular weight is 637 g/mol. The van der Waals surface area contributed by atoms with E-state index < -0.39 is 0 Å². The third-order valence-corrected chi connectivity index (χ3v) is 9.46. The van der Waals surface area contributed by atoms with Crippen LogP contribution >= 0.6 is 0 Å². The number of fused-ring (bicyclic) bond motifs is 3. The fourth-order valence-corrected chi connectivity index (χ4v) is 6.93. The monoisotopic (exact) mass is 636 g/mol. The van der Waals surface area contributed by atoms with Gasteiger partial charge in [0, 0.05) is 11.1 Å². The molecule has 7 aromatic carbocycles. The second-order valence-electron chi connectivity index (χ2n) is 12.6. The third kappa shape index (κ3) is 5.63. The van der Waals surface area contributed by atoms with E-state index in [1.165, 1.54) is 32.7 Å². The van der Waals surface area contributed by atoms with Crippen LogP contribution in [0.4, 0.5) is 0 Å². The first kappa shape index (κ1) is 29.5. The molecule has 0 unspecified atom stereocenters. The number of hydrogen-bond acceptors (Lipinski definition) is 2. The lowest BCUT2D eigenvalue weighted by atomic mass is 9.93. The van der Waals surface area contributed by atoms with Crippen LogP contribution < -0.4 is 0 Å². The van der Waals surface area contributed by atoms with Crippen LogP contribution in [0.3, 0.4) is 0 Å². The molecule has 2 nitrogen and oxygen atoms in total. The molecule has 0 bridgehead atoms. The van der Waals surface area contributed by atoms with Gasteiger partial charge < -0.3 is 0 Å². The summed E-state index contributed by atoms with van der Waals surface area (Å²) in [5.41, 5.74) is 12.5. The molecule has 0 fully saturated rings. The molecular formula is C48H32N2. The fourth-order valence-electron chi connectivity index (χ4n) is 6.93. The van der Waals surface area contributed by atoms with Gasteiger partial charge in [0.2, 0.25) is 0 Å². The number of nitrogens with zero attached hydrogens (tertiary/aromatic N) is 2. The summed E-state index contributed by atoms with van der Waals surface area (Å²) in [4.78, 5) is 10.7. The van der Waals surface area contributed by atoms with E-state index in [0.717, 1.165) is 56.2 Å². The summed E-state index contributed by atoms with van der Waals surface area (Å²) in [5.74, 6) is 0. The molecule has 9 aromatic rings. The molecule has 2 heterocycles. The second kappa shape index (κ2) is 12.8. The van der Waals surface area contributed by atoms with E-state index in [-0.39, 0.29) is 0 Å². The Balaban J connectivity index is 1.28. The fraction of sp³-hybridized carbons (Fsp3) is 0. The first-order valence-electron chi connectivity index (χ1n) is 17.0. The Morgan fingerprint density at radius 2 is 0.640 bits per heavy atom. The summed E-state index contributed by atoms with van der Waals surface area (Å²) < 4.78 is 0. The van der Waals surface area contributed by atoms with E-state index in [9.17, 15) is 0 Å². The standard InChI is InChI=1S/C48H32N2/c1-4-14-33(15-5-1)35-24-26-36(27-25-35)40-30-46(44-28-38-20-10-11-21-41(38)42-22-12-13-23-43(42)44)50-48(32-40)47-31-39(34-16-6-2-7-17-34)29-45(49-47)37-18-8-3-9-19-37/h1-32H. The molecule has 0 aliphatic heterocycles. The van der Waals surface area contributed by atoms with Crippen molar-refractivity contribution in [1.82, 2.24) is 9.97 Å². The van der Waals surface area contributed by atoms with E-state index >= 15 is 0 Å². The van der Waals surface area contributed by atoms with Crippen LogP contribution in [-0.2, 0) is 0 Å². The highest BCUT2D eigenvalue weighted by Gasteiger charge is 2.16. The van der Waals surface area contributed by atoms with Crippen molar-refractivity contribution in [2.75, 3.05) is 0 Å². The van der Waals surface area contributed by atoms with E-state index in [4.69, 9.17) is 9.97 Å². The first-order valence-corrected chi connectivity index (χ1v) is 17.0. The van der Waals surface area contributed by atoms with Crippen molar-refractivity contribution >= 4 is 21.5 Å². The van der Waals surface area contributed by atoms with Crippen LogP contribution in [0.15, 0.2) is 194 Å². The van der Waals surface area contributed by atoms with Crippen molar-refractivity contribution in [3.05, 3.63) is 194 Å². The van der Waals surface area contributed by atoms with Crippen molar-refractivity contribution in [2.45, 2.75) is 0 Å². The van der Waals surface area contributed by atoms with Gasteiger partial charge in [-0.1, -0.05) is 164 Å². The number of rotatable bonds is 6. The Hall–Kier alpha value is -6.64. The van der Waals surface area contributed by atoms with Gasteiger partial charge in [-0.15, -0.1) is 0 Å². The van der Waals surface area contributed by atoms with Crippen molar-refractivity contribution in [3.63, 3.8) is 0 Å². The van der Waals surface area contributed by atoms with Gasteiger partial charge in [-0.3, -0.25) is 0 Å². The molecule has 0 amide bonds. The van der Waals surface area contributed by atoms with Crippen molar-refractivity contribution < 1.29 is 0 Å². The molecule has 0 radical (unpaired) electrons. The first-order chi connectivity index (χ1) is 24.8. The molecule has 0 saturated heterocycles. The maximum atomic E-state index is 5.43. The van der Waals surface area contributed by atoms with Crippen LogP contribution in [0.25, 0.3) is 88.8 Å². The molecule has 0 spiro atoms. The van der Waals surface area contributed by atoms with E-state index in [2.05, 4.69) is 188 Å². The predicted molar refractivity (Wildman–Crippen MR) is 210 cm³/mol. The number of pyridine rings is 2. The van der Waals surface area contributed by atoms with Gasteiger partial charge in [-0.2, -0.15) is 0 Å². The quantitative estimate of drug-likeness (QED) is 0.170. The lowest BCUT2D eigenvalue weighted by molar-refractivity contribution is 1.25. The summed E-state index contributed by atoms with van der Waals surface area (Å²) in [6.45, 7) is 0. The Bertz CT molecular complexity index is 2550. The molecule has 0 aliphatic carbocycles. The molecule has 0 aliphatic rings. The van der Waals surface area contributed by atoms with Gasteiger partial charge in [0.25, 0.3) is 0 Å². The molecular weight excluding hydrogens is 605 g/mol. The minimum Gasteiger partial charge on any atom is -0.246 e. The van der Waals surface area contributed by atoms with Gasteiger partial charge in [-0.05, 0) is 85.3 Å².